The van der Waals surface area contributed by atoms with Crippen LogP contribution in [-0.2, 0) is 4.79 Å². The SMILES string of the molecule is CC(C(=O)O)/C1=C/CCCCCCCCCCCCC1. The van der Waals surface area contributed by atoms with Gasteiger partial charge in [0.25, 0.3) is 0 Å². The van der Waals surface area contributed by atoms with Gasteiger partial charge in [-0.15, -0.1) is 0 Å². The fraction of sp³-hybridized carbons (Fsp3) is 0.833. The zero-order valence-electron chi connectivity index (χ0n) is 13.2. The predicted molar refractivity (Wildman–Crippen MR) is 84.9 cm³/mol. The van der Waals surface area contributed by atoms with E-state index in [9.17, 15) is 9.90 Å². The molecule has 0 heterocycles. The summed E-state index contributed by atoms with van der Waals surface area (Å²) >= 11 is 0. The van der Waals surface area contributed by atoms with E-state index in [0.29, 0.717) is 0 Å². The lowest BCUT2D eigenvalue weighted by atomic mass is 9.93. The number of rotatable bonds is 2. The molecule has 0 fully saturated rings. The van der Waals surface area contributed by atoms with Crippen molar-refractivity contribution in [2.45, 2.75) is 90.4 Å². The van der Waals surface area contributed by atoms with Gasteiger partial charge in [0.1, 0.15) is 0 Å². The molecule has 0 aliphatic heterocycles. The Labute approximate surface area is 124 Å². The molecule has 20 heavy (non-hydrogen) atoms. The number of hydrogen-bond donors (Lipinski definition) is 1. The van der Waals surface area contributed by atoms with Crippen LogP contribution in [0.3, 0.4) is 0 Å². The second kappa shape index (κ2) is 10.9. The number of aliphatic carboxylic acids is 1. The lowest BCUT2D eigenvalue weighted by Gasteiger charge is -2.12. The number of carboxylic acid groups (broad SMARTS) is 1. The molecule has 0 saturated heterocycles. The van der Waals surface area contributed by atoms with Crippen molar-refractivity contribution in [1.82, 2.24) is 0 Å². The summed E-state index contributed by atoms with van der Waals surface area (Å²) in [5, 5.41) is 9.20. The average molecular weight is 280 g/mol. The van der Waals surface area contributed by atoms with Crippen molar-refractivity contribution in [3.63, 3.8) is 0 Å². The maximum atomic E-state index is 11.2. The number of allylic oxidation sites excluding steroid dienone is 1. The van der Waals surface area contributed by atoms with E-state index < -0.39 is 5.97 Å². The minimum Gasteiger partial charge on any atom is -0.481 e. The Hall–Kier alpha value is -0.790. The molecule has 0 aromatic carbocycles. The Kier molecular flexibility index (Phi) is 9.44. The Balaban J connectivity index is 2.47. The fourth-order valence-corrected chi connectivity index (χ4v) is 3.01. The highest BCUT2D eigenvalue weighted by atomic mass is 16.4. The van der Waals surface area contributed by atoms with Gasteiger partial charge in [-0.25, -0.2) is 0 Å². The van der Waals surface area contributed by atoms with Crippen LogP contribution in [0.5, 0.6) is 0 Å². The van der Waals surface area contributed by atoms with Crippen LogP contribution in [0.2, 0.25) is 0 Å². The van der Waals surface area contributed by atoms with Crippen LogP contribution in [0.25, 0.3) is 0 Å². The van der Waals surface area contributed by atoms with E-state index in [2.05, 4.69) is 6.08 Å². The summed E-state index contributed by atoms with van der Waals surface area (Å²) in [5.74, 6) is -0.972. The fourth-order valence-electron chi connectivity index (χ4n) is 3.01. The van der Waals surface area contributed by atoms with Crippen molar-refractivity contribution in [1.29, 1.82) is 0 Å². The topological polar surface area (TPSA) is 37.3 Å². The zero-order valence-corrected chi connectivity index (χ0v) is 13.2. The monoisotopic (exact) mass is 280 g/mol. The molecule has 0 aromatic heterocycles. The van der Waals surface area contributed by atoms with Gasteiger partial charge >= 0.3 is 5.97 Å². The Morgan fingerprint density at radius 2 is 1.35 bits per heavy atom. The highest BCUT2D eigenvalue weighted by Crippen LogP contribution is 2.22. The summed E-state index contributed by atoms with van der Waals surface area (Å²) in [5.41, 5.74) is 1.16. The molecule has 0 spiro atoms. The first-order valence-corrected chi connectivity index (χ1v) is 8.63. The second-order valence-corrected chi connectivity index (χ2v) is 6.27. The van der Waals surface area contributed by atoms with E-state index in [1.165, 1.54) is 64.2 Å². The van der Waals surface area contributed by atoms with Gasteiger partial charge in [-0.05, 0) is 32.6 Å². The largest absolute Gasteiger partial charge is 0.481 e. The maximum Gasteiger partial charge on any atom is 0.310 e. The third-order valence-electron chi connectivity index (χ3n) is 4.50. The number of carbonyl (C=O) groups is 1. The Bertz CT molecular complexity index is 294. The van der Waals surface area contributed by atoms with Crippen LogP contribution in [0, 0.1) is 5.92 Å². The quantitative estimate of drug-likeness (QED) is 0.657. The smallest absolute Gasteiger partial charge is 0.310 e. The molecular weight excluding hydrogens is 248 g/mol. The van der Waals surface area contributed by atoms with E-state index in [0.717, 1.165) is 24.8 Å². The summed E-state index contributed by atoms with van der Waals surface area (Å²) in [6.07, 6.45) is 18.8. The van der Waals surface area contributed by atoms with Gasteiger partial charge in [0.2, 0.25) is 0 Å². The molecule has 1 unspecified atom stereocenters. The van der Waals surface area contributed by atoms with Crippen molar-refractivity contribution in [2.75, 3.05) is 0 Å². The summed E-state index contributed by atoms with van der Waals surface area (Å²) in [7, 11) is 0. The van der Waals surface area contributed by atoms with Crippen LogP contribution in [0.15, 0.2) is 11.6 Å². The van der Waals surface area contributed by atoms with Crippen LogP contribution in [0.1, 0.15) is 90.4 Å². The molecule has 0 radical (unpaired) electrons. The summed E-state index contributed by atoms with van der Waals surface area (Å²) in [6.45, 7) is 1.84. The van der Waals surface area contributed by atoms with Crippen molar-refractivity contribution in [2.24, 2.45) is 5.92 Å². The van der Waals surface area contributed by atoms with Gasteiger partial charge < -0.3 is 5.11 Å². The highest BCUT2D eigenvalue weighted by molar-refractivity contribution is 5.73. The van der Waals surface area contributed by atoms with E-state index in [4.69, 9.17) is 0 Å². The second-order valence-electron chi connectivity index (χ2n) is 6.27. The molecule has 1 atom stereocenters. The van der Waals surface area contributed by atoms with E-state index in [1.807, 2.05) is 6.92 Å². The van der Waals surface area contributed by atoms with Gasteiger partial charge in [-0.2, -0.15) is 0 Å². The maximum absolute atomic E-state index is 11.2. The van der Waals surface area contributed by atoms with Gasteiger partial charge in [0.05, 0.1) is 5.92 Å². The minimum absolute atomic E-state index is 0.300. The first kappa shape index (κ1) is 17.3. The van der Waals surface area contributed by atoms with Crippen LogP contribution < -0.4 is 0 Å². The first-order valence-electron chi connectivity index (χ1n) is 8.63. The number of carboxylic acids is 1. The van der Waals surface area contributed by atoms with Crippen LogP contribution in [-0.4, -0.2) is 11.1 Å². The lowest BCUT2D eigenvalue weighted by molar-refractivity contribution is -0.139. The van der Waals surface area contributed by atoms with E-state index in [1.54, 1.807) is 0 Å². The third kappa shape index (κ3) is 7.72. The molecule has 1 aliphatic rings. The van der Waals surface area contributed by atoms with Gasteiger partial charge in [0.15, 0.2) is 0 Å². The third-order valence-corrected chi connectivity index (χ3v) is 4.50. The summed E-state index contributed by atoms with van der Waals surface area (Å²) < 4.78 is 0. The van der Waals surface area contributed by atoms with Crippen molar-refractivity contribution in [3.8, 4) is 0 Å². The molecule has 1 aliphatic carbocycles. The molecule has 0 saturated carbocycles. The first-order chi connectivity index (χ1) is 9.72. The predicted octanol–water partition coefficient (Wildman–Crippen LogP) is 5.72. The molecule has 1 rings (SSSR count). The molecule has 0 aromatic rings. The van der Waals surface area contributed by atoms with Crippen molar-refractivity contribution >= 4 is 5.97 Å². The van der Waals surface area contributed by atoms with E-state index >= 15 is 0 Å². The molecule has 2 nitrogen and oxygen atoms in total. The summed E-state index contributed by atoms with van der Waals surface area (Å²) in [4.78, 5) is 11.2. The standard InChI is InChI=1S/C18H32O2/c1-16(18(19)20)17-14-12-10-8-6-4-2-3-5-7-9-11-13-15-17/h14,16H,2-13,15H2,1H3,(H,19,20)/b17-14+. The molecule has 0 bridgehead atoms. The van der Waals surface area contributed by atoms with Crippen molar-refractivity contribution in [3.05, 3.63) is 11.6 Å². The zero-order chi connectivity index (χ0) is 14.6. The van der Waals surface area contributed by atoms with Crippen LogP contribution in [0.4, 0.5) is 0 Å². The van der Waals surface area contributed by atoms with E-state index in [-0.39, 0.29) is 5.92 Å². The average Bonchev–Trinajstić information content (AvgIpc) is 2.44. The highest BCUT2D eigenvalue weighted by Gasteiger charge is 2.15. The van der Waals surface area contributed by atoms with Gasteiger partial charge in [0, 0.05) is 0 Å². The Morgan fingerprint density at radius 1 is 0.900 bits per heavy atom. The molecule has 1 N–H and O–H groups in total. The molecule has 0 amide bonds. The lowest BCUT2D eigenvalue weighted by Crippen LogP contribution is -2.12. The van der Waals surface area contributed by atoms with Gasteiger partial charge in [-0.1, -0.05) is 69.4 Å². The number of hydrogen-bond acceptors (Lipinski definition) is 1. The molecule has 116 valence electrons. The molecular formula is C18H32O2. The molecule has 2 heteroatoms. The summed E-state index contributed by atoms with van der Waals surface area (Å²) in [6, 6.07) is 0. The van der Waals surface area contributed by atoms with Crippen LogP contribution >= 0.6 is 0 Å². The Morgan fingerprint density at radius 3 is 1.85 bits per heavy atom. The normalized spacial score (nSPS) is 24.8. The minimum atomic E-state index is -0.672. The van der Waals surface area contributed by atoms with Gasteiger partial charge in [-0.3, -0.25) is 4.79 Å². The van der Waals surface area contributed by atoms with Crippen molar-refractivity contribution < 1.29 is 9.90 Å².